The van der Waals surface area contributed by atoms with Crippen molar-refractivity contribution in [3.63, 3.8) is 0 Å². The van der Waals surface area contributed by atoms with Crippen molar-refractivity contribution in [2.75, 3.05) is 49.6 Å². The van der Waals surface area contributed by atoms with E-state index in [1.165, 1.54) is 12.1 Å². The molecule has 210 valence electrons. The summed E-state index contributed by atoms with van der Waals surface area (Å²) in [5.41, 5.74) is 1.31. The third kappa shape index (κ3) is 7.43. The van der Waals surface area contributed by atoms with Crippen molar-refractivity contribution in [3.05, 3.63) is 54.6 Å². The van der Waals surface area contributed by atoms with Crippen molar-refractivity contribution < 1.29 is 27.5 Å². The standard InChI is InChI=1S/C28H36N4O6S/c1-2-38-18-6-15-29-39(36,37)25-11-9-23(10-12-25)30-27(34)21-13-16-31(17-14-21)28(35)22-19-26(33)32(20-22)24-7-4-3-5-8-24/h3-5,7-12,21-22,29H,2,6,13-20H2,1H3,(H,30,34). The Bertz CT molecular complexity index is 1240. The van der Waals surface area contributed by atoms with Crippen LogP contribution in [0.4, 0.5) is 11.4 Å². The first-order chi connectivity index (χ1) is 18.8. The predicted octanol–water partition coefficient (Wildman–Crippen LogP) is 2.62. The van der Waals surface area contributed by atoms with Gasteiger partial charge in [0, 0.05) is 63.1 Å². The third-order valence-corrected chi connectivity index (χ3v) is 8.59. The average Bonchev–Trinajstić information content (AvgIpc) is 3.35. The van der Waals surface area contributed by atoms with E-state index in [1.807, 2.05) is 37.3 Å². The fourth-order valence-electron chi connectivity index (χ4n) is 4.92. The zero-order valence-electron chi connectivity index (χ0n) is 22.2. The molecule has 2 aliphatic rings. The van der Waals surface area contributed by atoms with E-state index in [0.717, 1.165) is 5.69 Å². The van der Waals surface area contributed by atoms with Crippen LogP contribution in [0.3, 0.4) is 0 Å². The molecule has 0 radical (unpaired) electrons. The van der Waals surface area contributed by atoms with Crippen molar-refractivity contribution in [2.24, 2.45) is 11.8 Å². The number of nitrogens with one attached hydrogen (secondary N) is 2. The lowest BCUT2D eigenvalue weighted by atomic mass is 9.94. The molecule has 2 aromatic rings. The monoisotopic (exact) mass is 556 g/mol. The molecule has 2 N–H and O–H groups in total. The summed E-state index contributed by atoms with van der Waals surface area (Å²) in [5.74, 6) is -0.875. The van der Waals surface area contributed by atoms with Crippen LogP contribution in [0, 0.1) is 11.8 Å². The fraction of sp³-hybridized carbons (Fsp3) is 0.464. The Morgan fingerprint density at radius 2 is 1.69 bits per heavy atom. The summed E-state index contributed by atoms with van der Waals surface area (Å²) in [6.45, 7) is 4.53. The van der Waals surface area contributed by atoms with Gasteiger partial charge in [-0.15, -0.1) is 0 Å². The van der Waals surface area contributed by atoms with E-state index >= 15 is 0 Å². The molecule has 1 unspecified atom stereocenters. The van der Waals surface area contributed by atoms with Crippen LogP contribution in [0.25, 0.3) is 0 Å². The molecule has 4 rings (SSSR count). The highest BCUT2D eigenvalue weighted by molar-refractivity contribution is 7.89. The lowest BCUT2D eigenvalue weighted by molar-refractivity contribution is -0.138. The van der Waals surface area contributed by atoms with Gasteiger partial charge in [-0.2, -0.15) is 0 Å². The number of likely N-dealkylation sites (tertiary alicyclic amines) is 1. The summed E-state index contributed by atoms with van der Waals surface area (Å²) >= 11 is 0. The SMILES string of the molecule is CCOCCCNS(=O)(=O)c1ccc(NC(=O)C2CCN(C(=O)C3CC(=O)N(c4ccccc4)C3)CC2)cc1. The first kappa shape index (κ1) is 28.7. The Balaban J connectivity index is 1.23. The summed E-state index contributed by atoms with van der Waals surface area (Å²) in [6.07, 6.45) is 1.83. The van der Waals surface area contributed by atoms with Gasteiger partial charge in [-0.3, -0.25) is 14.4 Å². The molecule has 10 nitrogen and oxygen atoms in total. The van der Waals surface area contributed by atoms with E-state index in [2.05, 4.69) is 10.0 Å². The minimum absolute atomic E-state index is 0.0380. The Morgan fingerprint density at radius 3 is 2.36 bits per heavy atom. The number of amides is 3. The maximum absolute atomic E-state index is 13.1. The van der Waals surface area contributed by atoms with Crippen LogP contribution in [-0.4, -0.2) is 70.4 Å². The molecule has 1 atom stereocenters. The highest BCUT2D eigenvalue weighted by Gasteiger charge is 2.38. The van der Waals surface area contributed by atoms with Crippen molar-refractivity contribution in [1.82, 2.24) is 9.62 Å². The Kier molecular flexibility index (Phi) is 9.71. The number of hydrogen-bond acceptors (Lipinski definition) is 6. The highest BCUT2D eigenvalue weighted by atomic mass is 32.2. The molecule has 2 aromatic carbocycles. The summed E-state index contributed by atoms with van der Waals surface area (Å²) < 4.78 is 32.6. The molecule has 0 spiro atoms. The van der Waals surface area contributed by atoms with Gasteiger partial charge in [-0.25, -0.2) is 13.1 Å². The summed E-state index contributed by atoms with van der Waals surface area (Å²) in [6, 6.07) is 15.4. The van der Waals surface area contributed by atoms with Crippen LogP contribution in [0.15, 0.2) is 59.5 Å². The maximum atomic E-state index is 13.1. The van der Waals surface area contributed by atoms with Gasteiger partial charge in [0.05, 0.1) is 10.8 Å². The van der Waals surface area contributed by atoms with E-state index in [0.29, 0.717) is 57.8 Å². The van der Waals surface area contributed by atoms with Gasteiger partial charge in [-0.1, -0.05) is 18.2 Å². The van der Waals surface area contributed by atoms with Crippen LogP contribution in [-0.2, 0) is 29.1 Å². The van der Waals surface area contributed by atoms with Crippen molar-refractivity contribution in [2.45, 2.75) is 37.5 Å². The number of piperidine rings is 1. The van der Waals surface area contributed by atoms with Gasteiger partial charge in [0.15, 0.2) is 0 Å². The van der Waals surface area contributed by atoms with Crippen molar-refractivity contribution in [1.29, 1.82) is 0 Å². The van der Waals surface area contributed by atoms with Gasteiger partial charge in [0.2, 0.25) is 27.7 Å². The zero-order valence-corrected chi connectivity index (χ0v) is 23.0. The van der Waals surface area contributed by atoms with Crippen molar-refractivity contribution in [3.8, 4) is 0 Å². The normalized spacial score (nSPS) is 18.4. The second-order valence-corrected chi connectivity index (χ2v) is 11.6. The first-order valence-electron chi connectivity index (χ1n) is 13.4. The molecular formula is C28H36N4O6S. The van der Waals surface area contributed by atoms with E-state index < -0.39 is 10.0 Å². The molecule has 2 fully saturated rings. The number of para-hydroxylation sites is 1. The largest absolute Gasteiger partial charge is 0.382 e. The van der Waals surface area contributed by atoms with E-state index in [1.54, 1.807) is 21.9 Å². The molecule has 0 saturated carbocycles. The number of rotatable bonds is 11. The number of benzene rings is 2. The number of carbonyl (C=O) groups excluding carboxylic acids is 3. The summed E-state index contributed by atoms with van der Waals surface area (Å²) in [7, 11) is -3.64. The first-order valence-corrected chi connectivity index (χ1v) is 14.9. The van der Waals surface area contributed by atoms with Gasteiger partial charge in [0.25, 0.3) is 0 Å². The maximum Gasteiger partial charge on any atom is 0.240 e. The zero-order chi connectivity index (χ0) is 27.8. The summed E-state index contributed by atoms with van der Waals surface area (Å²) in [5, 5.41) is 2.86. The van der Waals surface area contributed by atoms with Crippen molar-refractivity contribution >= 4 is 39.1 Å². The molecule has 0 aliphatic carbocycles. The number of carbonyl (C=O) groups is 3. The second-order valence-electron chi connectivity index (χ2n) is 9.80. The van der Waals surface area contributed by atoms with Crippen LogP contribution in [0.5, 0.6) is 0 Å². The van der Waals surface area contributed by atoms with Crippen LogP contribution in [0.1, 0.15) is 32.6 Å². The van der Waals surface area contributed by atoms with Crippen LogP contribution in [0.2, 0.25) is 0 Å². The van der Waals surface area contributed by atoms with Crippen LogP contribution >= 0.6 is 0 Å². The van der Waals surface area contributed by atoms with E-state index in [9.17, 15) is 22.8 Å². The predicted molar refractivity (Wildman–Crippen MR) is 148 cm³/mol. The van der Waals surface area contributed by atoms with E-state index in [4.69, 9.17) is 4.74 Å². The number of anilines is 2. The molecule has 0 aromatic heterocycles. The minimum Gasteiger partial charge on any atom is -0.382 e. The minimum atomic E-state index is -3.64. The smallest absolute Gasteiger partial charge is 0.240 e. The lowest BCUT2D eigenvalue weighted by Gasteiger charge is -2.33. The van der Waals surface area contributed by atoms with E-state index in [-0.39, 0.29) is 47.4 Å². The van der Waals surface area contributed by atoms with Gasteiger partial charge < -0.3 is 19.9 Å². The number of sulfonamides is 1. The quantitative estimate of drug-likeness (QED) is 0.410. The van der Waals surface area contributed by atoms with Gasteiger partial charge in [0.1, 0.15) is 0 Å². The second kappa shape index (κ2) is 13.2. The molecule has 11 heteroatoms. The highest BCUT2D eigenvalue weighted by Crippen LogP contribution is 2.28. The van der Waals surface area contributed by atoms with Crippen LogP contribution < -0.4 is 14.9 Å². The molecule has 0 bridgehead atoms. The molecule has 2 heterocycles. The average molecular weight is 557 g/mol. The fourth-order valence-corrected chi connectivity index (χ4v) is 6.00. The Hall–Kier alpha value is -3.28. The number of hydrogen-bond donors (Lipinski definition) is 2. The Labute approximate surface area is 229 Å². The topological polar surface area (TPSA) is 125 Å². The van der Waals surface area contributed by atoms with Gasteiger partial charge >= 0.3 is 0 Å². The Morgan fingerprint density at radius 1 is 1.00 bits per heavy atom. The third-order valence-electron chi connectivity index (χ3n) is 7.11. The summed E-state index contributed by atoms with van der Waals surface area (Å²) in [4.78, 5) is 42.0. The number of nitrogens with zero attached hydrogens (tertiary/aromatic N) is 2. The number of ether oxygens (including phenoxy) is 1. The lowest BCUT2D eigenvalue weighted by Crippen LogP contribution is -2.44. The molecule has 2 saturated heterocycles. The molecule has 39 heavy (non-hydrogen) atoms. The molecular weight excluding hydrogens is 520 g/mol. The molecule has 2 aliphatic heterocycles. The van der Waals surface area contributed by atoms with Gasteiger partial charge in [-0.05, 0) is 62.6 Å². The molecule has 3 amide bonds.